The van der Waals surface area contributed by atoms with Crippen LogP contribution in [0.25, 0.3) is 0 Å². The molecule has 49 heavy (non-hydrogen) atoms. The van der Waals surface area contributed by atoms with E-state index in [1.807, 2.05) is 21.1 Å². The van der Waals surface area contributed by atoms with Crippen molar-refractivity contribution >= 4 is 13.8 Å². The van der Waals surface area contributed by atoms with Gasteiger partial charge in [0.1, 0.15) is 19.3 Å². The van der Waals surface area contributed by atoms with Gasteiger partial charge in [-0.25, -0.2) is 4.57 Å². The standard InChI is InChI=1S/C40H74NO6P.H2O/c1-10-31(29(2)3)16-15-30(4)35-19-20-36-34-18-17-32-28-33(21-23-39(32,5)37(34)22-24-40(35,36)6)47-38(42)14-12-11-13-26-45-48(43,44)46-27-25-41(7,8)9;/h29-37H,10-28H2,1-9H3;1H2/t30-,31-,32+,33?,34+,35-,36+,37+,39+,40-;/m1./s1. The third kappa shape index (κ3) is 11.0. The molecular formula is C40H76NO7P. The average molecular weight is 714 g/mol. The number of nitrogens with zero attached hydrogens (tertiary/aromatic N) is 1. The Labute approximate surface area is 300 Å². The molecule has 4 fully saturated rings. The van der Waals surface area contributed by atoms with Gasteiger partial charge in [-0.2, -0.15) is 0 Å². The number of carbonyl (C=O) groups is 1. The number of carbonyl (C=O) groups excluding carboxylic acids is 1. The van der Waals surface area contributed by atoms with Crippen LogP contribution in [0.3, 0.4) is 0 Å². The van der Waals surface area contributed by atoms with E-state index in [4.69, 9.17) is 13.8 Å². The number of hydrogen-bond donors (Lipinski definition) is 1. The molecule has 0 bridgehead atoms. The molecule has 2 N–H and O–H groups in total. The van der Waals surface area contributed by atoms with E-state index in [2.05, 4.69) is 41.5 Å². The minimum atomic E-state index is -4.03. The molecule has 4 rings (SSSR count). The summed E-state index contributed by atoms with van der Waals surface area (Å²) < 4.78 is 29.0. The largest absolute Gasteiger partial charge is 0.870 e. The number of ether oxygens (including phenoxy) is 1. The number of phosphoric ester groups is 1. The lowest BCUT2D eigenvalue weighted by Crippen LogP contribution is -2.54. The van der Waals surface area contributed by atoms with Gasteiger partial charge >= 0.3 is 13.8 Å². The van der Waals surface area contributed by atoms with E-state index in [1.165, 1.54) is 64.2 Å². The van der Waals surface area contributed by atoms with Crippen LogP contribution < -0.4 is 0 Å². The first-order chi connectivity index (χ1) is 22.5. The van der Waals surface area contributed by atoms with Crippen LogP contribution in [-0.4, -0.2) is 67.8 Å². The molecule has 0 aromatic carbocycles. The number of hydrogen-bond acceptors (Lipinski definition) is 6. The predicted octanol–water partition coefficient (Wildman–Crippen LogP) is 9.88. The third-order valence-corrected chi connectivity index (χ3v) is 15.4. The van der Waals surface area contributed by atoms with Crippen molar-refractivity contribution in [2.45, 2.75) is 150 Å². The van der Waals surface area contributed by atoms with E-state index in [0.29, 0.717) is 47.0 Å². The highest BCUT2D eigenvalue weighted by molar-refractivity contribution is 7.47. The molecule has 0 aliphatic heterocycles. The molecule has 0 amide bonds. The molecule has 9 heteroatoms. The van der Waals surface area contributed by atoms with Gasteiger partial charge in [0.15, 0.2) is 0 Å². The zero-order chi connectivity index (χ0) is 35.3. The zero-order valence-corrected chi connectivity index (χ0v) is 33.9. The molecular weight excluding hydrogens is 637 g/mol. The Morgan fingerprint density at radius 3 is 2.22 bits per heavy atom. The van der Waals surface area contributed by atoms with Crippen molar-refractivity contribution in [3.63, 3.8) is 0 Å². The molecule has 0 heterocycles. The lowest BCUT2D eigenvalue weighted by Gasteiger charge is -2.61. The van der Waals surface area contributed by atoms with E-state index in [1.54, 1.807) is 0 Å². The van der Waals surface area contributed by atoms with Gasteiger partial charge in [-0.05, 0) is 135 Å². The summed E-state index contributed by atoms with van der Waals surface area (Å²) in [6.45, 7) is 16.0. The molecule has 4 aliphatic carbocycles. The van der Waals surface area contributed by atoms with Crippen LogP contribution in [0.4, 0.5) is 0 Å². The summed E-state index contributed by atoms with van der Waals surface area (Å²) in [4.78, 5) is 22.7. The molecule has 4 aliphatic rings. The number of rotatable bonds is 18. The minimum Gasteiger partial charge on any atom is -0.870 e. The minimum absolute atomic E-state index is 0. The van der Waals surface area contributed by atoms with Crippen molar-refractivity contribution in [2.24, 2.45) is 58.2 Å². The number of quaternary nitrogens is 1. The van der Waals surface area contributed by atoms with Crippen LogP contribution in [0.15, 0.2) is 0 Å². The van der Waals surface area contributed by atoms with E-state index >= 15 is 0 Å². The van der Waals surface area contributed by atoms with Crippen LogP contribution in [-0.2, 0) is 23.1 Å². The Bertz CT molecular complexity index is 1080. The van der Waals surface area contributed by atoms with Crippen molar-refractivity contribution in [2.75, 3.05) is 40.9 Å². The third-order valence-electron chi connectivity index (χ3n) is 14.4. The lowest BCUT2D eigenvalue weighted by atomic mass is 9.44. The van der Waals surface area contributed by atoms with Gasteiger partial charge in [-0.3, -0.25) is 13.8 Å². The Kier molecular flexibility index (Phi) is 15.8. The van der Waals surface area contributed by atoms with Crippen LogP contribution in [0.2, 0.25) is 0 Å². The molecule has 0 aromatic rings. The van der Waals surface area contributed by atoms with Crippen molar-refractivity contribution in [3.8, 4) is 0 Å². The maximum absolute atomic E-state index is 12.8. The van der Waals surface area contributed by atoms with Gasteiger partial charge in [0.2, 0.25) is 0 Å². The molecule has 0 aromatic heterocycles. The number of likely N-dealkylation sites (N-methyl/N-ethyl adjacent to an activating group) is 1. The fraction of sp³-hybridized carbons (Fsp3) is 0.975. The second kappa shape index (κ2) is 18.0. The number of phosphoric acid groups is 1. The zero-order valence-electron chi connectivity index (χ0n) is 33.0. The van der Waals surface area contributed by atoms with E-state index in [0.717, 1.165) is 60.7 Å². The smallest absolute Gasteiger partial charge is 0.472 e. The van der Waals surface area contributed by atoms with Crippen molar-refractivity contribution in [3.05, 3.63) is 0 Å². The SMILES string of the molecule is CC[C@H](CC[C@@H](C)[C@H]1CC[C@H]2[C@@H]3CC[C@H]4CC(OC(=O)CCCCCOP(=O)(O)OCC[N+](C)(C)C)CC[C@]4(C)[C@H]3CC[C@]12C)C(C)C.[OH-]. The van der Waals surface area contributed by atoms with Crippen molar-refractivity contribution in [1.29, 1.82) is 0 Å². The first-order valence-electron chi connectivity index (χ1n) is 20.1. The molecule has 288 valence electrons. The average Bonchev–Trinajstić information content (AvgIpc) is 3.35. The summed E-state index contributed by atoms with van der Waals surface area (Å²) in [5.74, 6) is 6.63. The molecule has 4 saturated carbocycles. The first kappa shape index (κ1) is 42.9. The number of esters is 1. The second-order valence-electron chi connectivity index (χ2n) is 18.7. The molecule has 0 saturated heterocycles. The Hall–Kier alpha value is -0.500. The summed E-state index contributed by atoms with van der Waals surface area (Å²) in [6, 6.07) is 0. The summed E-state index contributed by atoms with van der Waals surface area (Å²) in [6.07, 6.45) is 18.3. The van der Waals surface area contributed by atoms with Crippen molar-refractivity contribution < 1.29 is 38.0 Å². The predicted molar refractivity (Wildman–Crippen MR) is 197 cm³/mol. The van der Waals surface area contributed by atoms with Crippen LogP contribution in [0.1, 0.15) is 144 Å². The highest BCUT2D eigenvalue weighted by Crippen LogP contribution is 2.68. The summed E-state index contributed by atoms with van der Waals surface area (Å²) in [7, 11) is 1.97. The molecule has 8 nitrogen and oxygen atoms in total. The highest BCUT2D eigenvalue weighted by atomic mass is 31.2. The van der Waals surface area contributed by atoms with E-state index in [-0.39, 0.29) is 30.8 Å². The number of unbranched alkanes of at least 4 members (excludes halogenated alkanes) is 2. The monoisotopic (exact) mass is 714 g/mol. The van der Waals surface area contributed by atoms with Crippen LogP contribution >= 0.6 is 7.82 Å². The van der Waals surface area contributed by atoms with E-state index in [9.17, 15) is 14.3 Å². The Morgan fingerprint density at radius 2 is 1.55 bits per heavy atom. The topological polar surface area (TPSA) is 112 Å². The molecule has 11 atom stereocenters. The Morgan fingerprint density at radius 1 is 0.878 bits per heavy atom. The van der Waals surface area contributed by atoms with E-state index < -0.39 is 7.82 Å². The van der Waals surface area contributed by atoms with Gasteiger partial charge < -0.3 is 19.6 Å². The van der Waals surface area contributed by atoms with Gasteiger partial charge in [0.25, 0.3) is 0 Å². The first-order valence-corrected chi connectivity index (χ1v) is 21.6. The Balaban J connectivity index is 0.00000650. The highest BCUT2D eigenvalue weighted by Gasteiger charge is 2.60. The fourth-order valence-electron chi connectivity index (χ4n) is 11.4. The molecule has 0 spiro atoms. The van der Waals surface area contributed by atoms with Crippen LogP contribution in [0.5, 0.6) is 0 Å². The number of fused-ring (bicyclic) bond motifs is 5. The maximum atomic E-state index is 12.8. The fourth-order valence-corrected chi connectivity index (χ4v) is 12.2. The van der Waals surface area contributed by atoms with Crippen LogP contribution in [0, 0.1) is 58.2 Å². The normalized spacial score (nSPS) is 35.3. The summed E-state index contributed by atoms with van der Waals surface area (Å²) in [5, 5.41) is 0. The summed E-state index contributed by atoms with van der Waals surface area (Å²) >= 11 is 0. The lowest BCUT2D eigenvalue weighted by molar-refractivity contribution is -0.870. The van der Waals surface area contributed by atoms with Gasteiger partial charge in [-0.1, -0.05) is 60.8 Å². The van der Waals surface area contributed by atoms with Gasteiger partial charge in [0.05, 0.1) is 27.7 Å². The molecule has 0 radical (unpaired) electrons. The second-order valence-corrected chi connectivity index (χ2v) is 20.2. The van der Waals surface area contributed by atoms with Gasteiger partial charge in [0, 0.05) is 6.42 Å². The molecule has 2 unspecified atom stereocenters. The maximum Gasteiger partial charge on any atom is 0.472 e. The quantitative estimate of drug-likeness (QED) is 0.0651. The summed E-state index contributed by atoms with van der Waals surface area (Å²) in [5.41, 5.74) is 0.920. The van der Waals surface area contributed by atoms with Crippen molar-refractivity contribution in [1.82, 2.24) is 0 Å². The van der Waals surface area contributed by atoms with Gasteiger partial charge in [-0.15, -0.1) is 0 Å².